The fourth-order valence-electron chi connectivity index (χ4n) is 1.83. The van der Waals surface area contributed by atoms with Crippen LogP contribution in [0.25, 0.3) is 0 Å². The molecule has 0 spiro atoms. The molecular formula is C13H17N5O. The number of nitrogens with one attached hydrogen (secondary N) is 3. The molecule has 1 aromatic carbocycles. The first-order valence-electron chi connectivity index (χ1n) is 6.11. The highest BCUT2D eigenvalue weighted by Gasteiger charge is 2.07. The third-order valence-electron chi connectivity index (χ3n) is 2.87. The van der Waals surface area contributed by atoms with Gasteiger partial charge in [-0.15, -0.1) is 0 Å². The lowest BCUT2D eigenvalue weighted by Crippen LogP contribution is -2.26. The number of amides is 1. The molecule has 0 saturated carbocycles. The van der Waals surface area contributed by atoms with E-state index in [-0.39, 0.29) is 5.91 Å². The van der Waals surface area contributed by atoms with Gasteiger partial charge < -0.3 is 10.6 Å². The first kappa shape index (κ1) is 13.1. The minimum atomic E-state index is -0.0785. The largest absolute Gasteiger partial charge is 0.388 e. The number of carbonyl (C=O) groups is 1. The molecule has 0 fully saturated rings. The first-order valence-corrected chi connectivity index (χ1v) is 6.11. The number of anilines is 1. The van der Waals surface area contributed by atoms with E-state index in [0.29, 0.717) is 18.5 Å². The van der Waals surface area contributed by atoms with E-state index in [1.807, 2.05) is 32.2 Å². The van der Waals surface area contributed by atoms with Crippen molar-refractivity contribution in [1.82, 2.24) is 20.5 Å². The van der Waals surface area contributed by atoms with Crippen molar-refractivity contribution in [2.75, 3.05) is 18.9 Å². The number of hydrogen-bond acceptors (Lipinski definition) is 4. The summed E-state index contributed by atoms with van der Waals surface area (Å²) in [5.74, 6) is 0.687. The summed E-state index contributed by atoms with van der Waals surface area (Å²) < 4.78 is 0. The predicted octanol–water partition coefficient (Wildman–Crippen LogP) is 1.13. The molecule has 1 aromatic heterocycles. The summed E-state index contributed by atoms with van der Waals surface area (Å²) in [6.07, 6.45) is 2.09. The monoisotopic (exact) mass is 259 g/mol. The summed E-state index contributed by atoms with van der Waals surface area (Å²) in [6, 6.07) is 5.58. The Morgan fingerprint density at radius 2 is 2.26 bits per heavy atom. The van der Waals surface area contributed by atoms with E-state index in [9.17, 15) is 4.79 Å². The number of benzene rings is 1. The molecule has 3 N–H and O–H groups in total. The van der Waals surface area contributed by atoms with Gasteiger partial charge in [0.05, 0.1) is 0 Å². The number of aryl methyl sites for hydroxylation is 1. The van der Waals surface area contributed by atoms with Crippen molar-refractivity contribution in [2.24, 2.45) is 0 Å². The Bertz CT molecular complexity index is 550. The SMILES string of the molecule is CNc1ccc(C(=O)NCCc2ncn[nH]2)cc1C. The van der Waals surface area contributed by atoms with Crippen molar-refractivity contribution in [1.29, 1.82) is 0 Å². The molecule has 6 nitrogen and oxygen atoms in total. The predicted molar refractivity (Wildman–Crippen MR) is 73.1 cm³/mol. The molecule has 0 aliphatic carbocycles. The molecule has 2 rings (SSSR count). The van der Waals surface area contributed by atoms with Crippen LogP contribution in [0, 0.1) is 6.92 Å². The van der Waals surface area contributed by atoms with Gasteiger partial charge >= 0.3 is 0 Å². The Morgan fingerprint density at radius 1 is 1.42 bits per heavy atom. The van der Waals surface area contributed by atoms with Gasteiger partial charge in [0, 0.05) is 31.3 Å². The van der Waals surface area contributed by atoms with Crippen LogP contribution < -0.4 is 10.6 Å². The summed E-state index contributed by atoms with van der Waals surface area (Å²) in [5, 5.41) is 12.4. The maximum absolute atomic E-state index is 11.9. The molecule has 0 aliphatic heterocycles. The maximum atomic E-state index is 11.9. The minimum Gasteiger partial charge on any atom is -0.388 e. The number of hydrogen-bond donors (Lipinski definition) is 3. The lowest BCUT2D eigenvalue weighted by Gasteiger charge is -2.08. The van der Waals surface area contributed by atoms with E-state index in [4.69, 9.17) is 0 Å². The molecular weight excluding hydrogens is 242 g/mol. The highest BCUT2D eigenvalue weighted by atomic mass is 16.1. The van der Waals surface area contributed by atoms with Gasteiger partial charge in [0.2, 0.25) is 0 Å². The number of aromatic nitrogens is 3. The number of aromatic amines is 1. The zero-order chi connectivity index (χ0) is 13.7. The van der Waals surface area contributed by atoms with Crippen molar-refractivity contribution in [3.63, 3.8) is 0 Å². The second kappa shape index (κ2) is 5.99. The highest BCUT2D eigenvalue weighted by Crippen LogP contribution is 2.15. The van der Waals surface area contributed by atoms with Crippen LogP contribution in [0.5, 0.6) is 0 Å². The Morgan fingerprint density at radius 3 is 2.89 bits per heavy atom. The van der Waals surface area contributed by atoms with Crippen LogP contribution in [-0.2, 0) is 6.42 Å². The van der Waals surface area contributed by atoms with Crippen molar-refractivity contribution in [3.05, 3.63) is 41.5 Å². The molecule has 0 radical (unpaired) electrons. The van der Waals surface area contributed by atoms with E-state index in [2.05, 4.69) is 25.8 Å². The average Bonchev–Trinajstić information content (AvgIpc) is 2.91. The van der Waals surface area contributed by atoms with Crippen LogP contribution in [0.1, 0.15) is 21.7 Å². The first-order chi connectivity index (χ1) is 9.20. The summed E-state index contributed by atoms with van der Waals surface area (Å²) in [7, 11) is 1.86. The third kappa shape index (κ3) is 3.31. The lowest BCUT2D eigenvalue weighted by molar-refractivity contribution is 0.0954. The second-order valence-electron chi connectivity index (χ2n) is 4.22. The molecule has 0 atom stereocenters. The minimum absolute atomic E-state index is 0.0785. The number of nitrogens with zero attached hydrogens (tertiary/aromatic N) is 2. The quantitative estimate of drug-likeness (QED) is 0.751. The second-order valence-corrected chi connectivity index (χ2v) is 4.22. The fourth-order valence-corrected chi connectivity index (χ4v) is 1.83. The van der Waals surface area contributed by atoms with Gasteiger partial charge in [-0.05, 0) is 30.7 Å². The normalized spacial score (nSPS) is 10.2. The number of rotatable bonds is 5. The zero-order valence-electron chi connectivity index (χ0n) is 11.0. The highest BCUT2D eigenvalue weighted by molar-refractivity contribution is 5.94. The Labute approximate surface area is 111 Å². The Kier molecular flexibility index (Phi) is 4.12. The zero-order valence-corrected chi connectivity index (χ0v) is 11.0. The van der Waals surface area contributed by atoms with Gasteiger partial charge in [-0.2, -0.15) is 5.10 Å². The molecule has 19 heavy (non-hydrogen) atoms. The molecule has 1 amide bonds. The van der Waals surface area contributed by atoms with Crippen LogP contribution in [0.15, 0.2) is 24.5 Å². The third-order valence-corrected chi connectivity index (χ3v) is 2.87. The topological polar surface area (TPSA) is 82.7 Å². The summed E-state index contributed by atoms with van der Waals surface area (Å²) >= 11 is 0. The number of H-pyrrole nitrogens is 1. The van der Waals surface area contributed by atoms with Gasteiger partial charge in [-0.1, -0.05) is 0 Å². The Balaban J connectivity index is 1.91. The van der Waals surface area contributed by atoms with Gasteiger partial charge in [-0.3, -0.25) is 9.89 Å². The van der Waals surface area contributed by atoms with Crippen molar-refractivity contribution >= 4 is 11.6 Å². The molecule has 2 aromatic rings. The van der Waals surface area contributed by atoms with Gasteiger partial charge in [0.15, 0.2) is 0 Å². The molecule has 0 saturated heterocycles. The van der Waals surface area contributed by atoms with Crippen LogP contribution in [0.3, 0.4) is 0 Å². The maximum Gasteiger partial charge on any atom is 0.251 e. The molecule has 0 aliphatic rings. The smallest absolute Gasteiger partial charge is 0.251 e. The van der Waals surface area contributed by atoms with Crippen molar-refractivity contribution in [2.45, 2.75) is 13.3 Å². The summed E-state index contributed by atoms with van der Waals surface area (Å²) in [4.78, 5) is 15.9. The van der Waals surface area contributed by atoms with Crippen LogP contribution in [0.2, 0.25) is 0 Å². The van der Waals surface area contributed by atoms with Crippen LogP contribution in [-0.4, -0.2) is 34.7 Å². The van der Waals surface area contributed by atoms with Crippen LogP contribution >= 0.6 is 0 Å². The van der Waals surface area contributed by atoms with Gasteiger partial charge in [0.25, 0.3) is 5.91 Å². The number of carbonyl (C=O) groups excluding carboxylic acids is 1. The van der Waals surface area contributed by atoms with E-state index >= 15 is 0 Å². The molecule has 0 unspecified atom stereocenters. The molecule has 1 heterocycles. The van der Waals surface area contributed by atoms with Gasteiger partial charge in [0.1, 0.15) is 12.2 Å². The standard InChI is InChI=1S/C13H17N5O/c1-9-7-10(3-4-11(9)14-2)13(19)15-6-5-12-16-8-17-18-12/h3-4,7-8,14H,5-6H2,1-2H3,(H,15,19)(H,16,17,18). The molecule has 6 heteroatoms. The average molecular weight is 259 g/mol. The van der Waals surface area contributed by atoms with Crippen molar-refractivity contribution < 1.29 is 4.79 Å². The Hall–Kier alpha value is -2.37. The molecule has 0 bridgehead atoms. The van der Waals surface area contributed by atoms with Crippen molar-refractivity contribution in [3.8, 4) is 0 Å². The van der Waals surface area contributed by atoms with Crippen LogP contribution in [0.4, 0.5) is 5.69 Å². The van der Waals surface area contributed by atoms with Gasteiger partial charge in [-0.25, -0.2) is 4.98 Å². The molecule has 100 valence electrons. The summed E-state index contributed by atoms with van der Waals surface area (Å²) in [5.41, 5.74) is 2.73. The fraction of sp³-hybridized carbons (Fsp3) is 0.308. The van der Waals surface area contributed by atoms with E-state index in [1.54, 1.807) is 0 Å². The van der Waals surface area contributed by atoms with E-state index < -0.39 is 0 Å². The van der Waals surface area contributed by atoms with E-state index in [1.165, 1.54) is 6.33 Å². The van der Waals surface area contributed by atoms with E-state index in [0.717, 1.165) is 17.1 Å². The lowest BCUT2D eigenvalue weighted by atomic mass is 10.1. The summed E-state index contributed by atoms with van der Waals surface area (Å²) in [6.45, 7) is 2.50.